The molecule has 0 rings (SSSR count). The van der Waals surface area contributed by atoms with Crippen LogP contribution >= 0.6 is 0 Å². The zero-order valence-corrected chi connectivity index (χ0v) is 27.1. The fourth-order valence-corrected chi connectivity index (χ4v) is 4.53. The van der Waals surface area contributed by atoms with Gasteiger partial charge >= 0.3 is 23.9 Å². The lowest BCUT2D eigenvalue weighted by Crippen LogP contribution is -2.47. The molecule has 1 atom stereocenters. The molecule has 0 aliphatic rings. The molecule has 0 aromatic carbocycles. The molecule has 1 unspecified atom stereocenters. The topological polar surface area (TPSA) is 105 Å². The maximum atomic E-state index is 13.7. The second-order valence-electron chi connectivity index (χ2n) is 13.3. The van der Waals surface area contributed by atoms with Crippen molar-refractivity contribution < 1.29 is 38.1 Å². The summed E-state index contributed by atoms with van der Waals surface area (Å²) in [5.41, 5.74) is -3.03. The fourth-order valence-electron chi connectivity index (χ4n) is 4.53. The molecule has 0 radical (unpaired) electrons. The summed E-state index contributed by atoms with van der Waals surface area (Å²) < 4.78 is 22.2. The number of ether oxygens (including phenoxy) is 4. The number of rotatable bonds is 19. The van der Waals surface area contributed by atoms with E-state index >= 15 is 0 Å². The highest BCUT2D eigenvalue weighted by molar-refractivity contribution is 6.00. The summed E-state index contributed by atoms with van der Waals surface area (Å²) in [5, 5.41) is 0. The van der Waals surface area contributed by atoms with Crippen molar-refractivity contribution in [2.45, 2.75) is 164 Å². The second kappa shape index (κ2) is 18.3. The van der Waals surface area contributed by atoms with E-state index in [0.717, 1.165) is 32.1 Å². The molecule has 0 amide bonds. The van der Waals surface area contributed by atoms with Gasteiger partial charge in [0.05, 0.1) is 6.61 Å². The molecule has 0 spiro atoms. The van der Waals surface area contributed by atoms with Crippen molar-refractivity contribution in [1.29, 1.82) is 0 Å². The van der Waals surface area contributed by atoms with Crippen molar-refractivity contribution >= 4 is 23.9 Å². The van der Waals surface area contributed by atoms with Crippen LogP contribution in [0.1, 0.15) is 146 Å². The Balaban J connectivity index is 5.78. The van der Waals surface area contributed by atoms with Gasteiger partial charge in [-0.25, -0.2) is 0 Å². The molecule has 0 heterocycles. The second-order valence-corrected chi connectivity index (χ2v) is 13.3. The average molecular weight is 571 g/mol. The summed E-state index contributed by atoms with van der Waals surface area (Å²) in [6, 6.07) is 0. The first kappa shape index (κ1) is 37.9. The van der Waals surface area contributed by atoms with Crippen LogP contribution in [0.4, 0.5) is 0 Å². The summed E-state index contributed by atoms with van der Waals surface area (Å²) >= 11 is 0. The van der Waals surface area contributed by atoms with Crippen LogP contribution in [0, 0.1) is 11.3 Å². The van der Waals surface area contributed by atoms with Gasteiger partial charge in [0.2, 0.25) is 0 Å². The van der Waals surface area contributed by atoms with E-state index in [1.54, 1.807) is 48.5 Å². The highest BCUT2D eigenvalue weighted by Gasteiger charge is 2.50. The molecule has 40 heavy (non-hydrogen) atoms. The van der Waals surface area contributed by atoms with E-state index in [-0.39, 0.29) is 30.9 Å². The van der Waals surface area contributed by atoms with Gasteiger partial charge in [-0.2, -0.15) is 0 Å². The maximum Gasteiger partial charge on any atom is 0.324 e. The van der Waals surface area contributed by atoms with Crippen LogP contribution in [0.2, 0.25) is 0 Å². The average Bonchev–Trinajstić information content (AvgIpc) is 2.77. The van der Waals surface area contributed by atoms with Gasteiger partial charge in [0, 0.05) is 13.3 Å². The molecular weight excluding hydrogens is 512 g/mol. The summed E-state index contributed by atoms with van der Waals surface area (Å²) in [5.74, 6) is -1.14. The molecule has 0 saturated carbocycles. The van der Waals surface area contributed by atoms with Gasteiger partial charge in [0.25, 0.3) is 0 Å². The van der Waals surface area contributed by atoms with Crippen molar-refractivity contribution in [3.63, 3.8) is 0 Å². The minimum atomic E-state index is -1.47. The van der Waals surface area contributed by atoms with Crippen LogP contribution in [0.15, 0.2) is 0 Å². The quantitative estimate of drug-likeness (QED) is 0.0681. The van der Waals surface area contributed by atoms with Crippen LogP contribution < -0.4 is 0 Å². The van der Waals surface area contributed by atoms with E-state index in [1.807, 2.05) is 0 Å². The van der Waals surface area contributed by atoms with Crippen molar-refractivity contribution in [1.82, 2.24) is 0 Å². The molecule has 0 aliphatic heterocycles. The molecule has 8 nitrogen and oxygen atoms in total. The molecule has 0 fully saturated rings. The monoisotopic (exact) mass is 570 g/mol. The van der Waals surface area contributed by atoms with Gasteiger partial charge in [0.15, 0.2) is 5.41 Å². The predicted molar refractivity (Wildman–Crippen MR) is 157 cm³/mol. The minimum absolute atomic E-state index is 0.213. The number of hydrogen-bond donors (Lipinski definition) is 0. The van der Waals surface area contributed by atoms with Gasteiger partial charge < -0.3 is 18.9 Å². The van der Waals surface area contributed by atoms with E-state index < -0.39 is 28.6 Å². The van der Waals surface area contributed by atoms with Crippen molar-refractivity contribution in [2.75, 3.05) is 6.61 Å². The number of esters is 4. The van der Waals surface area contributed by atoms with Crippen LogP contribution in [-0.2, 0) is 38.1 Å². The molecule has 234 valence electrons. The smallest absolute Gasteiger partial charge is 0.324 e. The summed E-state index contributed by atoms with van der Waals surface area (Å²) in [7, 11) is 0. The van der Waals surface area contributed by atoms with E-state index in [9.17, 15) is 19.2 Å². The Morgan fingerprint density at radius 2 is 1.18 bits per heavy atom. The van der Waals surface area contributed by atoms with Gasteiger partial charge in [-0.05, 0) is 99.3 Å². The first-order valence-corrected chi connectivity index (χ1v) is 15.2. The molecule has 0 aromatic rings. The third-order valence-electron chi connectivity index (χ3n) is 6.39. The van der Waals surface area contributed by atoms with Crippen LogP contribution in [-0.4, -0.2) is 47.8 Å². The molecule has 0 bridgehead atoms. The maximum absolute atomic E-state index is 13.7. The number of hydrogen-bond acceptors (Lipinski definition) is 8. The molecule has 0 aliphatic carbocycles. The first-order valence-electron chi connectivity index (χ1n) is 15.2. The predicted octanol–water partition coefficient (Wildman–Crippen LogP) is 7.49. The molecular formula is C32H58O8. The van der Waals surface area contributed by atoms with Gasteiger partial charge in [-0.15, -0.1) is 0 Å². The summed E-state index contributed by atoms with van der Waals surface area (Å²) in [6.07, 6.45) is 7.17. The van der Waals surface area contributed by atoms with E-state index in [4.69, 9.17) is 18.9 Å². The SMILES string of the molecule is CCOC(=O)CCCCCCC(CCCC(CCCC(C)C)OC(C)=O)(C(=O)OC(C)(C)C)C(=O)OC(C)(C)C. The minimum Gasteiger partial charge on any atom is -0.466 e. The van der Waals surface area contributed by atoms with E-state index in [2.05, 4.69) is 13.8 Å². The van der Waals surface area contributed by atoms with Gasteiger partial charge in [-0.1, -0.05) is 39.5 Å². The Hall–Kier alpha value is -2.12. The summed E-state index contributed by atoms with van der Waals surface area (Å²) in [4.78, 5) is 50.8. The largest absolute Gasteiger partial charge is 0.466 e. The fraction of sp³-hybridized carbons (Fsp3) is 0.875. The summed E-state index contributed by atoms with van der Waals surface area (Å²) in [6.45, 7) is 18.6. The van der Waals surface area contributed by atoms with Crippen molar-refractivity contribution in [3.8, 4) is 0 Å². The van der Waals surface area contributed by atoms with Crippen LogP contribution in [0.25, 0.3) is 0 Å². The standard InChI is InChI=1S/C32H58O8/c1-11-37-27(34)21-14-12-13-15-22-32(28(35)39-30(5,6)7,29(36)40-31(8,9)10)23-17-20-26(38-25(4)33)19-16-18-24(2)3/h24,26H,11-23H2,1-10H3. The number of unbranched alkanes of at least 4 members (excludes halogenated alkanes) is 3. The lowest BCUT2D eigenvalue weighted by molar-refractivity contribution is -0.187. The highest BCUT2D eigenvalue weighted by Crippen LogP contribution is 2.38. The van der Waals surface area contributed by atoms with Gasteiger partial charge in [0.1, 0.15) is 17.3 Å². The molecule has 8 heteroatoms. The van der Waals surface area contributed by atoms with E-state index in [1.165, 1.54) is 6.92 Å². The van der Waals surface area contributed by atoms with Crippen LogP contribution in [0.5, 0.6) is 0 Å². The van der Waals surface area contributed by atoms with Crippen molar-refractivity contribution in [2.24, 2.45) is 11.3 Å². The Kier molecular flexibility index (Phi) is 17.4. The number of carbonyl (C=O) groups is 4. The zero-order valence-electron chi connectivity index (χ0n) is 27.1. The normalized spacial score (nSPS) is 13.1. The lowest BCUT2D eigenvalue weighted by Gasteiger charge is -2.35. The van der Waals surface area contributed by atoms with Crippen LogP contribution in [0.3, 0.4) is 0 Å². The highest BCUT2D eigenvalue weighted by atomic mass is 16.6. The zero-order chi connectivity index (χ0) is 31.0. The lowest BCUT2D eigenvalue weighted by atomic mass is 9.77. The van der Waals surface area contributed by atoms with E-state index in [0.29, 0.717) is 44.6 Å². The van der Waals surface area contributed by atoms with Crippen molar-refractivity contribution in [3.05, 3.63) is 0 Å². The Bertz CT molecular complexity index is 745. The Labute approximate surface area is 243 Å². The first-order chi connectivity index (χ1) is 18.4. The molecule has 0 saturated heterocycles. The molecule has 0 aromatic heterocycles. The third kappa shape index (κ3) is 17.5. The number of carbonyl (C=O) groups excluding carboxylic acids is 4. The Morgan fingerprint density at radius 1 is 0.675 bits per heavy atom. The van der Waals surface area contributed by atoms with Gasteiger partial charge in [-0.3, -0.25) is 19.2 Å². The third-order valence-corrected chi connectivity index (χ3v) is 6.39. The molecule has 0 N–H and O–H groups in total. The Morgan fingerprint density at radius 3 is 1.65 bits per heavy atom.